The number of carbonyl (C=O) groups is 1. The number of nitrogens with zero attached hydrogens (tertiary/aromatic N) is 5. The molecule has 2 aliphatic rings. The minimum Gasteiger partial charge on any atom is -0.396 e. The maximum Gasteiger partial charge on any atom is 0.257 e. The molecule has 26 heavy (non-hydrogen) atoms. The molecule has 4 rings (SSSR count). The first-order valence-corrected chi connectivity index (χ1v) is 9.57. The van der Waals surface area contributed by atoms with E-state index in [1.165, 1.54) is 0 Å². The van der Waals surface area contributed by atoms with Gasteiger partial charge in [-0.25, -0.2) is 0 Å². The normalized spacial score (nSPS) is 22.8. The minimum absolute atomic E-state index is 0.0466. The van der Waals surface area contributed by atoms with E-state index in [0.29, 0.717) is 19.1 Å². The number of hydrogen-bond acceptors (Lipinski definition) is 4. The van der Waals surface area contributed by atoms with Gasteiger partial charge in [0.15, 0.2) is 0 Å². The van der Waals surface area contributed by atoms with Gasteiger partial charge in [0.25, 0.3) is 5.91 Å². The molecular weight excluding hydrogens is 330 g/mol. The first kappa shape index (κ1) is 17.3. The molecule has 0 aliphatic carbocycles. The molecule has 2 aromatic rings. The highest BCUT2D eigenvalue weighted by molar-refractivity contribution is 5.95. The van der Waals surface area contributed by atoms with Crippen LogP contribution in [0.25, 0.3) is 0 Å². The molecule has 1 N–H and O–H groups in total. The lowest BCUT2D eigenvalue weighted by molar-refractivity contribution is 0.0779. The number of carbonyl (C=O) groups excluding carboxylic acids is 1. The number of aromatic nitrogens is 4. The number of likely N-dealkylation sites (tertiary alicyclic amines) is 1. The van der Waals surface area contributed by atoms with E-state index in [0.717, 1.165) is 42.6 Å². The molecule has 0 saturated carbocycles. The standard InChI is InChI=1S/C19H27N5O2/c1-13(2)24-10-14(7-20-24)17-11-22(9-15(17)12-25)19(26)16-8-21-23-6-4-3-5-18(16)23/h7-8,10,13,15,17,25H,3-6,9,11-12H2,1-2H3/t15-,17-/m0/s1. The van der Waals surface area contributed by atoms with Crippen molar-refractivity contribution in [2.45, 2.75) is 51.6 Å². The van der Waals surface area contributed by atoms with Crippen molar-refractivity contribution < 1.29 is 9.90 Å². The van der Waals surface area contributed by atoms with E-state index in [2.05, 4.69) is 24.0 Å². The van der Waals surface area contributed by atoms with Crippen LogP contribution in [-0.2, 0) is 13.0 Å². The van der Waals surface area contributed by atoms with Crippen molar-refractivity contribution in [2.75, 3.05) is 19.7 Å². The van der Waals surface area contributed by atoms with Crippen molar-refractivity contribution in [3.05, 3.63) is 35.4 Å². The highest BCUT2D eigenvalue weighted by Crippen LogP contribution is 2.34. The minimum atomic E-state index is 0.0466. The monoisotopic (exact) mass is 357 g/mol. The van der Waals surface area contributed by atoms with Gasteiger partial charge in [0.1, 0.15) is 0 Å². The Morgan fingerprint density at radius 2 is 2.12 bits per heavy atom. The van der Waals surface area contributed by atoms with E-state index < -0.39 is 0 Å². The van der Waals surface area contributed by atoms with Crippen molar-refractivity contribution >= 4 is 5.91 Å². The van der Waals surface area contributed by atoms with Gasteiger partial charge in [0, 0.05) is 50.3 Å². The summed E-state index contributed by atoms with van der Waals surface area (Å²) in [5, 5.41) is 18.7. The van der Waals surface area contributed by atoms with E-state index in [4.69, 9.17) is 0 Å². The van der Waals surface area contributed by atoms with Gasteiger partial charge >= 0.3 is 0 Å². The molecule has 0 aromatic carbocycles. The van der Waals surface area contributed by atoms with Crippen LogP contribution < -0.4 is 0 Å². The van der Waals surface area contributed by atoms with Crippen LogP contribution in [0.4, 0.5) is 0 Å². The number of aryl methyl sites for hydroxylation is 1. The van der Waals surface area contributed by atoms with Crippen molar-refractivity contribution in [3.63, 3.8) is 0 Å². The van der Waals surface area contributed by atoms with Crippen LogP contribution in [0.2, 0.25) is 0 Å². The summed E-state index contributed by atoms with van der Waals surface area (Å²) >= 11 is 0. The van der Waals surface area contributed by atoms with E-state index in [1.807, 2.05) is 26.7 Å². The number of amides is 1. The second kappa shape index (κ2) is 6.87. The summed E-state index contributed by atoms with van der Waals surface area (Å²) in [6, 6.07) is 0.300. The van der Waals surface area contributed by atoms with E-state index in [9.17, 15) is 9.90 Å². The summed E-state index contributed by atoms with van der Waals surface area (Å²) in [6.45, 7) is 6.37. The predicted octanol–water partition coefficient (Wildman–Crippen LogP) is 1.84. The lowest BCUT2D eigenvalue weighted by Gasteiger charge is -2.18. The zero-order valence-electron chi connectivity index (χ0n) is 15.5. The Bertz CT molecular complexity index is 794. The largest absolute Gasteiger partial charge is 0.396 e. The molecule has 0 radical (unpaired) electrons. The first-order valence-electron chi connectivity index (χ1n) is 9.57. The van der Waals surface area contributed by atoms with Crippen LogP contribution in [0, 0.1) is 5.92 Å². The van der Waals surface area contributed by atoms with Crippen LogP contribution in [0.3, 0.4) is 0 Å². The van der Waals surface area contributed by atoms with E-state index >= 15 is 0 Å². The number of rotatable bonds is 4. The second-order valence-electron chi connectivity index (χ2n) is 7.79. The average Bonchev–Trinajstić information content (AvgIpc) is 3.37. The van der Waals surface area contributed by atoms with Gasteiger partial charge in [-0.3, -0.25) is 14.2 Å². The van der Waals surface area contributed by atoms with Crippen LogP contribution >= 0.6 is 0 Å². The van der Waals surface area contributed by atoms with Crippen molar-refractivity contribution in [2.24, 2.45) is 5.92 Å². The lowest BCUT2D eigenvalue weighted by Crippen LogP contribution is -2.30. The number of aliphatic hydroxyl groups is 1. The maximum atomic E-state index is 13.1. The molecule has 1 amide bonds. The first-order chi connectivity index (χ1) is 12.6. The number of fused-ring (bicyclic) bond motifs is 1. The highest BCUT2D eigenvalue weighted by Gasteiger charge is 2.38. The summed E-state index contributed by atoms with van der Waals surface area (Å²) in [5.41, 5.74) is 2.91. The van der Waals surface area contributed by atoms with Gasteiger partial charge in [-0.2, -0.15) is 10.2 Å². The molecule has 2 aliphatic heterocycles. The fourth-order valence-corrected chi connectivity index (χ4v) is 4.20. The molecule has 7 nitrogen and oxygen atoms in total. The third kappa shape index (κ3) is 2.94. The number of hydrogen-bond donors (Lipinski definition) is 1. The Balaban J connectivity index is 1.55. The summed E-state index contributed by atoms with van der Waals surface area (Å²) in [4.78, 5) is 15.0. The average molecular weight is 357 g/mol. The molecule has 140 valence electrons. The Hall–Kier alpha value is -2.15. The fourth-order valence-electron chi connectivity index (χ4n) is 4.20. The van der Waals surface area contributed by atoms with E-state index in [1.54, 1.807) is 6.20 Å². The molecule has 4 heterocycles. The summed E-state index contributed by atoms with van der Waals surface area (Å²) < 4.78 is 3.91. The predicted molar refractivity (Wildman–Crippen MR) is 97.0 cm³/mol. The second-order valence-corrected chi connectivity index (χ2v) is 7.79. The Labute approximate surface area is 153 Å². The third-order valence-corrected chi connectivity index (χ3v) is 5.75. The van der Waals surface area contributed by atoms with Gasteiger partial charge in [-0.05, 0) is 38.7 Å². The molecule has 1 fully saturated rings. The van der Waals surface area contributed by atoms with Crippen LogP contribution in [0.1, 0.15) is 60.3 Å². The van der Waals surface area contributed by atoms with Gasteiger partial charge in [-0.15, -0.1) is 0 Å². The summed E-state index contributed by atoms with van der Waals surface area (Å²) in [5.74, 6) is 0.225. The molecule has 2 atom stereocenters. The van der Waals surface area contributed by atoms with Crippen molar-refractivity contribution in [3.8, 4) is 0 Å². The molecule has 0 unspecified atom stereocenters. The lowest BCUT2D eigenvalue weighted by atomic mass is 9.92. The zero-order valence-corrected chi connectivity index (χ0v) is 15.5. The third-order valence-electron chi connectivity index (χ3n) is 5.75. The van der Waals surface area contributed by atoms with Crippen molar-refractivity contribution in [1.29, 1.82) is 0 Å². The van der Waals surface area contributed by atoms with Gasteiger partial charge in [-0.1, -0.05) is 0 Å². The summed E-state index contributed by atoms with van der Waals surface area (Å²) in [6.07, 6.45) is 8.81. The van der Waals surface area contributed by atoms with E-state index in [-0.39, 0.29) is 24.3 Å². The maximum absolute atomic E-state index is 13.1. The Kier molecular flexibility index (Phi) is 4.56. The Morgan fingerprint density at radius 1 is 1.27 bits per heavy atom. The molecule has 7 heteroatoms. The topological polar surface area (TPSA) is 76.2 Å². The SMILES string of the molecule is CC(C)n1cc([C@@H]2CN(C(=O)c3cnn4c3CCCC4)C[C@H]2CO)cn1. The fraction of sp³-hybridized carbons (Fsp3) is 0.632. The van der Waals surface area contributed by atoms with Crippen LogP contribution in [0.15, 0.2) is 18.6 Å². The van der Waals surface area contributed by atoms with Crippen LogP contribution in [0.5, 0.6) is 0 Å². The number of aliphatic hydroxyl groups excluding tert-OH is 1. The quantitative estimate of drug-likeness (QED) is 0.906. The smallest absolute Gasteiger partial charge is 0.257 e. The molecule has 0 bridgehead atoms. The molecular formula is C19H27N5O2. The van der Waals surface area contributed by atoms with Gasteiger partial charge < -0.3 is 10.0 Å². The van der Waals surface area contributed by atoms with Crippen LogP contribution in [-0.4, -0.2) is 55.2 Å². The van der Waals surface area contributed by atoms with Gasteiger partial charge in [0.2, 0.25) is 0 Å². The van der Waals surface area contributed by atoms with Gasteiger partial charge in [0.05, 0.1) is 23.7 Å². The Morgan fingerprint density at radius 3 is 2.85 bits per heavy atom. The zero-order chi connectivity index (χ0) is 18.3. The van der Waals surface area contributed by atoms with Crippen molar-refractivity contribution in [1.82, 2.24) is 24.5 Å². The summed E-state index contributed by atoms with van der Waals surface area (Å²) in [7, 11) is 0. The molecule has 2 aromatic heterocycles. The highest BCUT2D eigenvalue weighted by atomic mass is 16.3. The molecule has 0 spiro atoms. The molecule has 1 saturated heterocycles.